The van der Waals surface area contributed by atoms with Crippen LogP contribution in [0.1, 0.15) is 6.42 Å². The average Bonchev–Trinajstić information content (AvgIpc) is 2.41. The Bertz CT molecular complexity index is 200. The quantitative estimate of drug-likeness (QED) is 0.300. The topological polar surface area (TPSA) is 26.3 Å². The molecule has 0 N–H and O–H groups in total. The number of hydrogen-bond acceptors (Lipinski definition) is 2. The number of carbonyl (C=O) groups is 1. The summed E-state index contributed by atoms with van der Waals surface area (Å²) in [5, 5.41) is -0.441. The van der Waals surface area contributed by atoms with Crippen LogP contribution in [0.2, 0.25) is 0 Å². The molecule has 10 heavy (non-hydrogen) atoms. The Morgan fingerprint density at radius 3 is 3.20 bits per heavy atom. The lowest BCUT2D eigenvalue weighted by Gasteiger charge is -2.04. The zero-order valence-corrected chi connectivity index (χ0v) is 6.04. The minimum atomic E-state index is -0.441. The molecule has 0 aromatic heterocycles. The molecule has 0 aromatic carbocycles. The highest BCUT2D eigenvalue weighted by atomic mass is 35.5. The van der Waals surface area contributed by atoms with Gasteiger partial charge in [-0.25, -0.2) is 0 Å². The summed E-state index contributed by atoms with van der Waals surface area (Å²) in [5.74, 6) is -0.129. The maximum atomic E-state index is 10.8. The van der Waals surface area contributed by atoms with Crippen molar-refractivity contribution in [3.63, 3.8) is 0 Å². The van der Waals surface area contributed by atoms with Crippen molar-refractivity contribution in [2.24, 2.45) is 5.92 Å². The first kappa shape index (κ1) is 6.23. The highest BCUT2D eigenvalue weighted by Crippen LogP contribution is 2.34. The third kappa shape index (κ3) is 0.686. The molecule has 1 aliphatic carbocycles. The van der Waals surface area contributed by atoms with E-state index in [1.807, 2.05) is 12.2 Å². The molecule has 0 unspecified atom stereocenters. The van der Waals surface area contributed by atoms with Gasteiger partial charge in [0.2, 0.25) is 0 Å². The lowest BCUT2D eigenvalue weighted by molar-refractivity contribution is -0.141. The van der Waals surface area contributed by atoms with Crippen molar-refractivity contribution in [2.45, 2.75) is 17.9 Å². The van der Waals surface area contributed by atoms with E-state index in [1.54, 1.807) is 0 Å². The maximum absolute atomic E-state index is 10.8. The Hall–Kier alpha value is -0.500. The van der Waals surface area contributed by atoms with Gasteiger partial charge in [0, 0.05) is 12.3 Å². The standard InChI is InChI=1S/C7H7ClO2/c8-6-4-2-1-3-5(4)10-7(6)9/h1-2,4-6H,3H2/t4-,5+,6-/m0/s1. The highest BCUT2D eigenvalue weighted by molar-refractivity contribution is 6.30. The van der Waals surface area contributed by atoms with Crippen LogP contribution in [0.4, 0.5) is 0 Å². The minimum absolute atomic E-state index is 0.0370. The molecule has 0 saturated carbocycles. The lowest BCUT2D eigenvalue weighted by Crippen LogP contribution is -2.14. The lowest BCUT2D eigenvalue weighted by atomic mass is 10.1. The van der Waals surface area contributed by atoms with Crippen LogP contribution < -0.4 is 0 Å². The van der Waals surface area contributed by atoms with Crippen LogP contribution in [-0.2, 0) is 9.53 Å². The predicted octanol–water partition coefficient (Wildman–Crippen LogP) is 1.10. The molecule has 0 spiro atoms. The van der Waals surface area contributed by atoms with E-state index >= 15 is 0 Å². The average molecular weight is 159 g/mol. The molecule has 1 saturated heterocycles. The van der Waals surface area contributed by atoms with Crippen LogP contribution in [0.15, 0.2) is 12.2 Å². The van der Waals surface area contributed by atoms with E-state index in [1.165, 1.54) is 0 Å². The van der Waals surface area contributed by atoms with E-state index in [2.05, 4.69) is 0 Å². The number of halogens is 1. The summed E-state index contributed by atoms with van der Waals surface area (Å²) >= 11 is 5.74. The van der Waals surface area contributed by atoms with Gasteiger partial charge in [-0.3, -0.25) is 4.79 Å². The van der Waals surface area contributed by atoms with Crippen LogP contribution in [0.5, 0.6) is 0 Å². The summed E-state index contributed by atoms with van der Waals surface area (Å²) in [7, 11) is 0. The first-order valence-corrected chi connectivity index (χ1v) is 3.74. The Balaban J connectivity index is 2.23. The van der Waals surface area contributed by atoms with E-state index in [0.29, 0.717) is 0 Å². The molecule has 3 atom stereocenters. The first-order chi connectivity index (χ1) is 4.79. The van der Waals surface area contributed by atoms with Crippen molar-refractivity contribution in [1.82, 2.24) is 0 Å². The molecule has 1 fully saturated rings. The molecule has 0 amide bonds. The van der Waals surface area contributed by atoms with Crippen molar-refractivity contribution in [3.05, 3.63) is 12.2 Å². The van der Waals surface area contributed by atoms with Crippen molar-refractivity contribution in [3.8, 4) is 0 Å². The number of ether oxygens (including phenoxy) is 1. The van der Waals surface area contributed by atoms with E-state index in [0.717, 1.165) is 6.42 Å². The van der Waals surface area contributed by atoms with Gasteiger partial charge in [-0.15, -0.1) is 11.6 Å². The Kier molecular flexibility index (Phi) is 1.24. The van der Waals surface area contributed by atoms with Crippen molar-refractivity contribution < 1.29 is 9.53 Å². The van der Waals surface area contributed by atoms with E-state index in [4.69, 9.17) is 16.3 Å². The second kappa shape index (κ2) is 1.99. The van der Waals surface area contributed by atoms with E-state index < -0.39 is 5.38 Å². The molecular weight excluding hydrogens is 152 g/mol. The van der Waals surface area contributed by atoms with Gasteiger partial charge >= 0.3 is 5.97 Å². The molecule has 2 nitrogen and oxygen atoms in total. The molecule has 3 heteroatoms. The summed E-state index contributed by atoms with van der Waals surface area (Å²) in [6.45, 7) is 0. The third-order valence-electron chi connectivity index (χ3n) is 1.99. The van der Waals surface area contributed by atoms with Gasteiger partial charge in [0.1, 0.15) is 11.5 Å². The van der Waals surface area contributed by atoms with E-state index in [9.17, 15) is 4.79 Å². The smallest absolute Gasteiger partial charge is 0.325 e. The van der Waals surface area contributed by atoms with Crippen LogP contribution in [0.3, 0.4) is 0 Å². The van der Waals surface area contributed by atoms with Gasteiger partial charge in [0.05, 0.1) is 0 Å². The molecule has 1 aliphatic heterocycles. The summed E-state index contributed by atoms with van der Waals surface area (Å²) in [5.41, 5.74) is 0. The molecular formula is C7H7ClO2. The van der Waals surface area contributed by atoms with Crippen molar-refractivity contribution in [2.75, 3.05) is 0 Å². The molecule has 1 heterocycles. The predicted molar refractivity (Wildman–Crippen MR) is 36.8 cm³/mol. The van der Waals surface area contributed by atoms with Gasteiger partial charge in [-0.2, -0.15) is 0 Å². The Morgan fingerprint density at radius 2 is 2.50 bits per heavy atom. The van der Waals surface area contributed by atoms with Crippen molar-refractivity contribution in [1.29, 1.82) is 0 Å². The van der Waals surface area contributed by atoms with E-state index in [-0.39, 0.29) is 18.0 Å². The molecule has 0 bridgehead atoms. The zero-order valence-electron chi connectivity index (χ0n) is 5.29. The third-order valence-corrected chi connectivity index (χ3v) is 2.46. The van der Waals surface area contributed by atoms with Gasteiger partial charge in [0.25, 0.3) is 0 Å². The molecule has 2 rings (SSSR count). The van der Waals surface area contributed by atoms with Gasteiger partial charge in [-0.05, 0) is 0 Å². The Labute approximate surface area is 63.8 Å². The molecule has 54 valence electrons. The largest absolute Gasteiger partial charge is 0.460 e. The van der Waals surface area contributed by atoms with Gasteiger partial charge < -0.3 is 4.74 Å². The second-order valence-corrected chi connectivity index (χ2v) is 3.09. The number of carbonyl (C=O) groups excluding carboxylic acids is 1. The number of alkyl halides is 1. The van der Waals surface area contributed by atoms with Gasteiger partial charge in [0.15, 0.2) is 0 Å². The Morgan fingerprint density at radius 1 is 1.70 bits per heavy atom. The van der Waals surface area contributed by atoms with Crippen LogP contribution in [0, 0.1) is 5.92 Å². The molecule has 0 aromatic rings. The van der Waals surface area contributed by atoms with Crippen molar-refractivity contribution >= 4 is 17.6 Å². The second-order valence-electron chi connectivity index (χ2n) is 2.62. The first-order valence-electron chi connectivity index (χ1n) is 3.30. The number of esters is 1. The fourth-order valence-corrected chi connectivity index (χ4v) is 1.73. The zero-order chi connectivity index (χ0) is 7.14. The van der Waals surface area contributed by atoms with Crippen LogP contribution in [-0.4, -0.2) is 17.5 Å². The summed E-state index contributed by atoms with van der Waals surface area (Å²) < 4.78 is 4.96. The highest BCUT2D eigenvalue weighted by Gasteiger charge is 2.43. The number of hydrogen-bond donors (Lipinski definition) is 0. The summed E-state index contributed by atoms with van der Waals surface area (Å²) in [6.07, 6.45) is 4.85. The fourth-order valence-electron chi connectivity index (χ4n) is 1.43. The normalized spacial score (nSPS) is 43.7. The van der Waals surface area contributed by atoms with Gasteiger partial charge in [-0.1, -0.05) is 12.2 Å². The minimum Gasteiger partial charge on any atom is -0.460 e. The number of rotatable bonds is 0. The summed E-state index contributed by atoms with van der Waals surface area (Å²) in [6, 6.07) is 0. The molecule has 2 aliphatic rings. The maximum Gasteiger partial charge on any atom is 0.325 e. The molecule has 0 radical (unpaired) electrons. The monoisotopic (exact) mass is 158 g/mol. The number of fused-ring (bicyclic) bond motifs is 1. The fraction of sp³-hybridized carbons (Fsp3) is 0.571. The summed E-state index contributed by atoms with van der Waals surface area (Å²) in [4.78, 5) is 10.8. The SMILES string of the molecule is O=C1O[C@@H]2CC=C[C@@H]2[C@@H]1Cl. The van der Waals surface area contributed by atoms with Crippen LogP contribution in [0.25, 0.3) is 0 Å². The van der Waals surface area contributed by atoms with Crippen LogP contribution >= 0.6 is 11.6 Å².